The van der Waals surface area contributed by atoms with Gasteiger partial charge in [0, 0.05) is 39.6 Å². The second-order valence-electron chi connectivity index (χ2n) is 6.44. The molecule has 1 aliphatic heterocycles. The second kappa shape index (κ2) is 9.25. The van der Waals surface area contributed by atoms with Gasteiger partial charge in [-0.15, -0.1) is 24.0 Å². The summed E-state index contributed by atoms with van der Waals surface area (Å²) in [4.78, 5) is 18.1. The molecule has 1 amide bonds. The van der Waals surface area contributed by atoms with Crippen molar-refractivity contribution in [3.63, 3.8) is 0 Å². The summed E-state index contributed by atoms with van der Waals surface area (Å²) in [5, 5.41) is 6.76. The van der Waals surface area contributed by atoms with E-state index in [1.165, 1.54) is 24.0 Å². The number of rotatable bonds is 6. The van der Waals surface area contributed by atoms with Crippen LogP contribution in [0.1, 0.15) is 36.8 Å². The summed E-state index contributed by atoms with van der Waals surface area (Å²) in [7, 11) is 1.80. The molecule has 0 radical (unpaired) electrons. The minimum atomic E-state index is 0. The van der Waals surface area contributed by atoms with Crippen molar-refractivity contribution >= 4 is 35.8 Å². The highest BCUT2D eigenvalue weighted by Gasteiger charge is 2.22. The first-order valence-electron chi connectivity index (χ1n) is 8.55. The lowest BCUT2D eigenvalue weighted by Crippen LogP contribution is -2.38. The molecule has 1 saturated carbocycles. The molecule has 2 fully saturated rings. The summed E-state index contributed by atoms with van der Waals surface area (Å²) in [6, 6.07) is 8.33. The molecule has 0 unspecified atom stereocenters. The predicted octanol–water partition coefficient (Wildman–Crippen LogP) is 2.50. The molecule has 24 heavy (non-hydrogen) atoms. The SMILES string of the molecule is CN=C(NCc1ccccc1CN1CCCC1=O)NCC1CC1.I. The van der Waals surface area contributed by atoms with Crippen LogP contribution >= 0.6 is 24.0 Å². The van der Waals surface area contributed by atoms with Gasteiger partial charge >= 0.3 is 0 Å². The lowest BCUT2D eigenvalue weighted by molar-refractivity contribution is -0.128. The number of likely N-dealkylation sites (tertiary alicyclic amines) is 1. The molecule has 1 aliphatic carbocycles. The van der Waals surface area contributed by atoms with Gasteiger partial charge in [0.05, 0.1) is 0 Å². The first-order valence-corrected chi connectivity index (χ1v) is 8.55. The highest BCUT2D eigenvalue weighted by atomic mass is 127. The van der Waals surface area contributed by atoms with Gasteiger partial charge in [0.2, 0.25) is 5.91 Å². The first kappa shape index (κ1) is 19.0. The Labute approximate surface area is 161 Å². The summed E-state index contributed by atoms with van der Waals surface area (Å²) < 4.78 is 0. The van der Waals surface area contributed by atoms with Crippen LogP contribution in [0.15, 0.2) is 29.3 Å². The van der Waals surface area contributed by atoms with Crippen molar-refractivity contribution in [3.8, 4) is 0 Å². The summed E-state index contributed by atoms with van der Waals surface area (Å²) in [6.45, 7) is 3.32. The van der Waals surface area contributed by atoms with Crippen LogP contribution < -0.4 is 10.6 Å². The summed E-state index contributed by atoms with van der Waals surface area (Å²) in [6.07, 6.45) is 4.34. The normalized spacial score (nSPS) is 17.6. The van der Waals surface area contributed by atoms with Gasteiger partial charge in [0.1, 0.15) is 0 Å². The molecule has 132 valence electrons. The Morgan fingerprint density at radius 2 is 2.00 bits per heavy atom. The maximum atomic E-state index is 11.8. The third-order valence-electron chi connectivity index (χ3n) is 4.58. The van der Waals surface area contributed by atoms with E-state index in [9.17, 15) is 4.79 Å². The Hall–Kier alpha value is -1.31. The van der Waals surface area contributed by atoms with Crippen LogP contribution in [0.3, 0.4) is 0 Å². The highest BCUT2D eigenvalue weighted by molar-refractivity contribution is 14.0. The molecule has 2 aliphatic rings. The predicted molar refractivity (Wildman–Crippen MR) is 107 cm³/mol. The third kappa shape index (κ3) is 5.36. The van der Waals surface area contributed by atoms with E-state index in [4.69, 9.17) is 0 Å². The van der Waals surface area contributed by atoms with Gasteiger partial charge in [-0.25, -0.2) is 0 Å². The Bertz CT molecular complexity index is 586. The Morgan fingerprint density at radius 1 is 1.25 bits per heavy atom. The lowest BCUT2D eigenvalue weighted by atomic mass is 10.1. The molecule has 0 bridgehead atoms. The fourth-order valence-electron chi connectivity index (χ4n) is 2.92. The lowest BCUT2D eigenvalue weighted by Gasteiger charge is -2.19. The molecule has 0 aromatic heterocycles. The quantitative estimate of drug-likeness (QED) is 0.405. The number of benzene rings is 1. The van der Waals surface area contributed by atoms with Gasteiger partial charge in [0.15, 0.2) is 5.96 Å². The van der Waals surface area contributed by atoms with Crippen molar-refractivity contribution in [1.29, 1.82) is 0 Å². The van der Waals surface area contributed by atoms with Crippen LogP contribution in [0, 0.1) is 5.92 Å². The molecule has 6 heteroatoms. The number of halogens is 1. The molecule has 5 nitrogen and oxygen atoms in total. The molecule has 3 rings (SSSR count). The maximum Gasteiger partial charge on any atom is 0.222 e. The smallest absolute Gasteiger partial charge is 0.222 e. The molecule has 0 atom stereocenters. The Kier molecular flexibility index (Phi) is 7.33. The van der Waals surface area contributed by atoms with Crippen LogP contribution in [0.5, 0.6) is 0 Å². The molecular weight excluding hydrogens is 415 g/mol. The minimum Gasteiger partial charge on any atom is -0.356 e. The fourth-order valence-corrected chi connectivity index (χ4v) is 2.92. The number of carbonyl (C=O) groups excluding carboxylic acids is 1. The second-order valence-corrected chi connectivity index (χ2v) is 6.44. The number of aliphatic imine (C=N–C) groups is 1. The average Bonchev–Trinajstić information content (AvgIpc) is 3.31. The molecule has 2 N–H and O–H groups in total. The van der Waals surface area contributed by atoms with Crippen molar-refractivity contribution in [2.75, 3.05) is 20.1 Å². The summed E-state index contributed by atoms with van der Waals surface area (Å²) >= 11 is 0. The van der Waals surface area contributed by atoms with Crippen molar-refractivity contribution in [1.82, 2.24) is 15.5 Å². The van der Waals surface area contributed by atoms with Gasteiger partial charge in [-0.1, -0.05) is 24.3 Å². The highest BCUT2D eigenvalue weighted by Crippen LogP contribution is 2.27. The van der Waals surface area contributed by atoms with E-state index >= 15 is 0 Å². The molecule has 1 heterocycles. The zero-order chi connectivity index (χ0) is 16.1. The van der Waals surface area contributed by atoms with Gasteiger partial charge in [0.25, 0.3) is 0 Å². The molecule has 1 aromatic rings. The van der Waals surface area contributed by atoms with Gasteiger partial charge in [-0.3, -0.25) is 9.79 Å². The number of carbonyl (C=O) groups is 1. The minimum absolute atomic E-state index is 0. The van der Waals surface area contributed by atoms with Crippen molar-refractivity contribution in [2.24, 2.45) is 10.9 Å². The first-order chi connectivity index (χ1) is 11.3. The van der Waals surface area contributed by atoms with E-state index in [-0.39, 0.29) is 29.9 Å². The standard InChI is InChI=1S/C18H26N4O.HI/c1-19-18(20-11-14-8-9-14)21-12-15-5-2-3-6-16(15)13-22-10-4-7-17(22)23;/h2-3,5-6,14H,4,7-13H2,1H3,(H2,19,20,21);1H. The zero-order valence-electron chi connectivity index (χ0n) is 14.3. The monoisotopic (exact) mass is 442 g/mol. The molecule has 0 spiro atoms. The van der Waals surface area contributed by atoms with E-state index in [0.29, 0.717) is 13.0 Å². The Morgan fingerprint density at radius 3 is 2.62 bits per heavy atom. The van der Waals surface area contributed by atoms with E-state index in [1.807, 2.05) is 17.0 Å². The van der Waals surface area contributed by atoms with E-state index in [0.717, 1.165) is 37.9 Å². The van der Waals surface area contributed by atoms with E-state index < -0.39 is 0 Å². The molecule has 1 aromatic carbocycles. The number of hydrogen-bond donors (Lipinski definition) is 2. The van der Waals surface area contributed by atoms with Crippen molar-refractivity contribution in [2.45, 2.75) is 38.8 Å². The Balaban J connectivity index is 0.00000208. The maximum absolute atomic E-state index is 11.8. The molecule has 1 saturated heterocycles. The number of guanidine groups is 1. The molecular formula is C18H27IN4O. The fraction of sp³-hybridized carbons (Fsp3) is 0.556. The van der Waals surface area contributed by atoms with E-state index in [1.54, 1.807) is 7.05 Å². The van der Waals surface area contributed by atoms with Crippen molar-refractivity contribution in [3.05, 3.63) is 35.4 Å². The third-order valence-corrected chi connectivity index (χ3v) is 4.58. The largest absolute Gasteiger partial charge is 0.356 e. The summed E-state index contributed by atoms with van der Waals surface area (Å²) in [5.74, 6) is 1.95. The summed E-state index contributed by atoms with van der Waals surface area (Å²) in [5.41, 5.74) is 2.44. The van der Waals surface area contributed by atoms with E-state index in [2.05, 4.69) is 27.8 Å². The number of nitrogens with zero attached hydrogens (tertiary/aromatic N) is 2. The number of hydrogen-bond acceptors (Lipinski definition) is 2. The number of nitrogens with one attached hydrogen (secondary N) is 2. The van der Waals surface area contributed by atoms with Crippen LogP contribution in [0.4, 0.5) is 0 Å². The average molecular weight is 442 g/mol. The zero-order valence-corrected chi connectivity index (χ0v) is 16.6. The number of amides is 1. The van der Waals surface area contributed by atoms with Crippen LogP contribution in [0.2, 0.25) is 0 Å². The topological polar surface area (TPSA) is 56.7 Å². The van der Waals surface area contributed by atoms with Crippen LogP contribution in [0.25, 0.3) is 0 Å². The van der Waals surface area contributed by atoms with Crippen LogP contribution in [-0.2, 0) is 17.9 Å². The van der Waals surface area contributed by atoms with Gasteiger partial charge in [-0.05, 0) is 36.3 Å². The van der Waals surface area contributed by atoms with Crippen LogP contribution in [-0.4, -0.2) is 36.9 Å². The van der Waals surface area contributed by atoms with Crippen molar-refractivity contribution < 1.29 is 4.79 Å². The van der Waals surface area contributed by atoms with Gasteiger partial charge < -0.3 is 15.5 Å². The van der Waals surface area contributed by atoms with Gasteiger partial charge in [-0.2, -0.15) is 0 Å².